The van der Waals surface area contributed by atoms with E-state index >= 15 is 0 Å². The summed E-state index contributed by atoms with van der Waals surface area (Å²) in [6.07, 6.45) is 0. The summed E-state index contributed by atoms with van der Waals surface area (Å²) in [7, 11) is 0. The van der Waals surface area contributed by atoms with E-state index in [1.165, 1.54) is 89.3 Å². The Hall–Kier alpha value is -8.20. The second-order valence-corrected chi connectivity index (χ2v) is 18.5. The minimum Gasteiger partial charge on any atom is -0.310 e. The summed E-state index contributed by atoms with van der Waals surface area (Å²) in [6.45, 7) is 4.74. The molecule has 0 saturated carbocycles. The molecule has 66 heavy (non-hydrogen) atoms. The van der Waals surface area contributed by atoms with Crippen LogP contribution in [0.3, 0.4) is 0 Å². The third-order valence-corrected chi connectivity index (χ3v) is 14.7. The molecular formula is C64H46N2. The van der Waals surface area contributed by atoms with Gasteiger partial charge in [-0.25, -0.2) is 0 Å². The van der Waals surface area contributed by atoms with E-state index < -0.39 is 5.41 Å². The highest BCUT2D eigenvalue weighted by Crippen LogP contribution is 2.64. The van der Waals surface area contributed by atoms with Crippen molar-refractivity contribution in [3.63, 3.8) is 0 Å². The Kier molecular flexibility index (Phi) is 8.51. The van der Waals surface area contributed by atoms with Gasteiger partial charge in [0.15, 0.2) is 0 Å². The minimum atomic E-state index is -0.566. The lowest BCUT2D eigenvalue weighted by Crippen LogP contribution is -2.36. The maximum absolute atomic E-state index is 2.50. The summed E-state index contributed by atoms with van der Waals surface area (Å²) in [5.41, 5.74) is 24.1. The zero-order valence-corrected chi connectivity index (χ0v) is 37.0. The van der Waals surface area contributed by atoms with Crippen LogP contribution in [0.15, 0.2) is 243 Å². The van der Waals surface area contributed by atoms with E-state index in [0.29, 0.717) is 0 Å². The van der Waals surface area contributed by atoms with Gasteiger partial charge in [0.1, 0.15) is 0 Å². The highest BCUT2D eigenvalue weighted by Gasteiger charge is 2.52. The van der Waals surface area contributed by atoms with E-state index in [1.54, 1.807) is 0 Å². The Labute approximate surface area is 387 Å². The molecule has 1 spiro atoms. The van der Waals surface area contributed by atoms with Gasteiger partial charge in [-0.15, -0.1) is 0 Å². The highest BCUT2D eigenvalue weighted by molar-refractivity contribution is 5.97. The summed E-state index contributed by atoms with van der Waals surface area (Å²) in [4.78, 5) is 4.93. The summed E-state index contributed by atoms with van der Waals surface area (Å²) in [5, 5.41) is 0. The van der Waals surface area contributed by atoms with Gasteiger partial charge in [0.25, 0.3) is 0 Å². The average molecular weight is 843 g/mol. The normalized spacial score (nSPS) is 14.1. The molecule has 2 aliphatic carbocycles. The second kappa shape index (κ2) is 14.7. The Bertz CT molecular complexity index is 3450. The molecule has 2 heteroatoms. The molecule has 13 rings (SSSR count). The zero-order chi connectivity index (χ0) is 44.0. The molecule has 0 N–H and O–H groups in total. The van der Waals surface area contributed by atoms with Crippen molar-refractivity contribution in [1.82, 2.24) is 0 Å². The van der Waals surface area contributed by atoms with Gasteiger partial charge >= 0.3 is 0 Å². The van der Waals surface area contributed by atoms with Crippen LogP contribution in [0.1, 0.15) is 47.2 Å². The number of benzene rings is 10. The molecule has 0 atom stereocenters. The topological polar surface area (TPSA) is 6.48 Å². The van der Waals surface area contributed by atoms with Crippen molar-refractivity contribution in [1.29, 1.82) is 0 Å². The number of hydrogen-bond acceptors (Lipinski definition) is 2. The molecule has 3 aliphatic rings. The third kappa shape index (κ3) is 5.55. The predicted octanol–water partition coefficient (Wildman–Crippen LogP) is 16.9. The van der Waals surface area contributed by atoms with Gasteiger partial charge in [-0.2, -0.15) is 0 Å². The Morgan fingerprint density at radius 2 is 0.697 bits per heavy atom. The average Bonchev–Trinajstić information content (AvgIpc) is 3.80. The number of nitrogens with zero attached hydrogens (tertiary/aromatic N) is 2. The molecule has 2 nitrogen and oxygen atoms in total. The van der Waals surface area contributed by atoms with E-state index in [2.05, 4.69) is 266 Å². The maximum atomic E-state index is 2.50. The van der Waals surface area contributed by atoms with Crippen LogP contribution in [-0.4, -0.2) is 0 Å². The van der Waals surface area contributed by atoms with Gasteiger partial charge in [0.2, 0.25) is 0 Å². The number of para-hydroxylation sites is 3. The first kappa shape index (κ1) is 38.3. The van der Waals surface area contributed by atoms with Crippen LogP contribution in [0, 0.1) is 0 Å². The third-order valence-electron chi connectivity index (χ3n) is 14.7. The summed E-state index contributed by atoms with van der Waals surface area (Å²) in [6, 6.07) is 90.0. The standard InChI is InChI=1S/C64H46N2/c1-63(2)55-23-11-9-21-51(55)53-39-37-49(41-59(53)63)65(48-35-33-46(34-36-48)45-31-29-44(30-32-45)43-17-5-3-6-18-43)50-38-40-54-52-22-10-12-24-56(52)64(60(54)42-50)57-25-13-15-27-61(57)66(47-19-7-4-8-20-47)62-28-16-14-26-58(62)64/h3-42H,1-2H3. The van der Waals surface area contributed by atoms with Crippen LogP contribution in [-0.2, 0) is 10.8 Å². The molecule has 1 heterocycles. The van der Waals surface area contributed by atoms with E-state index in [1.807, 2.05) is 0 Å². The van der Waals surface area contributed by atoms with E-state index in [-0.39, 0.29) is 5.41 Å². The van der Waals surface area contributed by atoms with Gasteiger partial charge in [0.05, 0.1) is 16.8 Å². The molecule has 0 bridgehead atoms. The summed E-state index contributed by atoms with van der Waals surface area (Å²) in [5.74, 6) is 0. The van der Waals surface area contributed by atoms with Crippen molar-refractivity contribution in [3.8, 4) is 44.5 Å². The van der Waals surface area contributed by atoms with Gasteiger partial charge < -0.3 is 9.80 Å². The van der Waals surface area contributed by atoms with Crippen molar-refractivity contribution >= 4 is 34.1 Å². The number of hydrogen-bond donors (Lipinski definition) is 0. The predicted molar refractivity (Wildman–Crippen MR) is 275 cm³/mol. The lowest BCUT2D eigenvalue weighted by molar-refractivity contribution is 0.660. The van der Waals surface area contributed by atoms with Crippen molar-refractivity contribution < 1.29 is 0 Å². The SMILES string of the molecule is CC1(C)c2ccccc2-c2ccc(N(c3ccc(-c4ccc(-c5ccccc5)cc4)cc3)c3ccc4c(c3)C3(c5ccccc5-4)c4ccccc4N(c4ccccc4)c4ccccc43)cc21. The molecule has 312 valence electrons. The quantitative estimate of drug-likeness (QED) is 0.165. The van der Waals surface area contributed by atoms with Crippen LogP contribution in [0.5, 0.6) is 0 Å². The fourth-order valence-electron chi connectivity index (χ4n) is 11.7. The fraction of sp³-hybridized carbons (Fsp3) is 0.0625. The molecule has 0 aromatic heterocycles. The van der Waals surface area contributed by atoms with Gasteiger partial charge in [-0.05, 0) is 139 Å². The van der Waals surface area contributed by atoms with Crippen LogP contribution >= 0.6 is 0 Å². The fourth-order valence-corrected chi connectivity index (χ4v) is 11.7. The lowest BCUT2D eigenvalue weighted by atomic mass is 9.64. The van der Waals surface area contributed by atoms with Crippen LogP contribution < -0.4 is 9.80 Å². The Morgan fingerprint density at radius 3 is 1.29 bits per heavy atom. The van der Waals surface area contributed by atoms with Gasteiger partial charge in [-0.1, -0.05) is 196 Å². The zero-order valence-electron chi connectivity index (χ0n) is 37.0. The van der Waals surface area contributed by atoms with Crippen LogP contribution in [0.25, 0.3) is 44.5 Å². The molecule has 0 radical (unpaired) electrons. The van der Waals surface area contributed by atoms with Crippen molar-refractivity contribution in [2.45, 2.75) is 24.7 Å². The monoisotopic (exact) mass is 842 g/mol. The maximum Gasteiger partial charge on any atom is 0.0755 e. The molecule has 0 saturated heterocycles. The molecular weight excluding hydrogens is 797 g/mol. The molecule has 0 unspecified atom stereocenters. The Morgan fingerprint density at radius 1 is 0.303 bits per heavy atom. The highest BCUT2D eigenvalue weighted by atomic mass is 15.2. The van der Waals surface area contributed by atoms with Gasteiger partial charge in [0, 0.05) is 28.2 Å². The van der Waals surface area contributed by atoms with Crippen molar-refractivity contribution in [2.24, 2.45) is 0 Å². The number of rotatable bonds is 6. The van der Waals surface area contributed by atoms with Gasteiger partial charge in [-0.3, -0.25) is 0 Å². The first-order valence-corrected chi connectivity index (χ1v) is 23.1. The Balaban J connectivity index is 1.01. The largest absolute Gasteiger partial charge is 0.310 e. The molecule has 10 aromatic rings. The van der Waals surface area contributed by atoms with Crippen LogP contribution in [0.4, 0.5) is 34.1 Å². The molecule has 0 amide bonds. The minimum absolute atomic E-state index is 0.146. The van der Waals surface area contributed by atoms with Crippen molar-refractivity contribution in [3.05, 3.63) is 276 Å². The van der Waals surface area contributed by atoms with Crippen LogP contribution in [0.2, 0.25) is 0 Å². The first-order valence-electron chi connectivity index (χ1n) is 23.1. The smallest absolute Gasteiger partial charge is 0.0755 e. The molecule has 1 aliphatic heterocycles. The number of anilines is 6. The summed E-state index contributed by atoms with van der Waals surface area (Å²) < 4.78 is 0. The number of fused-ring (bicyclic) bond motifs is 12. The van der Waals surface area contributed by atoms with Crippen molar-refractivity contribution in [2.75, 3.05) is 9.80 Å². The molecule has 10 aromatic carbocycles. The van der Waals surface area contributed by atoms with E-state index in [4.69, 9.17) is 0 Å². The second-order valence-electron chi connectivity index (χ2n) is 18.5. The van der Waals surface area contributed by atoms with E-state index in [0.717, 1.165) is 22.7 Å². The first-order chi connectivity index (χ1) is 32.5. The molecule has 0 fully saturated rings. The summed E-state index contributed by atoms with van der Waals surface area (Å²) >= 11 is 0. The van der Waals surface area contributed by atoms with E-state index in [9.17, 15) is 0 Å². The lowest BCUT2D eigenvalue weighted by Gasteiger charge is -2.45.